The summed E-state index contributed by atoms with van der Waals surface area (Å²) in [6, 6.07) is 4.26. The largest absolute Gasteiger partial charge is 0.318 e. The summed E-state index contributed by atoms with van der Waals surface area (Å²) in [4.78, 5) is 26.2. The minimum absolute atomic E-state index is 0.0665. The van der Waals surface area contributed by atoms with Crippen molar-refractivity contribution in [2.24, 2.45) is 5.84 Å². The van der Waals surface area contributed by atoms with Gasteiger partial charge in [-0.05, 0) is 12.1 Å². The smallest absolute Gasteiger partial charge is 0.306 e. The van der Waals surface area contributed by atoms with Gasteiger partial charge in [0.2, 0.25) is 0 Å². The minimum atomic E-state index is -0.661. The van der Waals surface area contributed by atoms with E-state index in [0.29, 0.717) is 5.13 Å². The average molecular weight is 279 g/mol. The number of hydrazine groups is 1. The number of hydrogen-bond acceptors (Lipinski definition) is 7. The van der Waals surface area contributed by atoms with Crippen LogP contribution in [0.25, 0.3) is 0 Å². The van der Waals surface area contributed by atoms with Crippen LogP contribution >= 0.6 is 11.3 Å². The SMILES string of the molecule is NNc1cccc(C(=O)Nc2nccs2)c1[N+](=O)[O-]. The van der Waals surface area contributed by atoms with E-state index in [9.17, 15) is 14.9 Å². The van der Waals surface area contributed by atoms with Crippen LogP contribution in [-0.4, -0.2) is 15.8 Å². The summed E-state index contributed by atoms with van der Waals surface area (Å²) >= 11 is 1.22. The van der Waals surface area contributed by atoms with E-state index in [1.165, 1.54) is 35.7 Å². The highest BCUT2D eigenvalue weighted by molar-refractivity contribution is 7.13. The molecule has 0 saturated carbocycles. The first-order chi connectivity index (χ1) is 9.13. The van der Waals surface area contributed by atoms with E-state index in [0.717, 1.165) is 0 Å². The fraction of sp³-hybridized carbons (Fsp3) is 0. The third-order valence-corrected chi connectivity index (χ3v) is 2.96. The fourth-order valence-electron chi connectivity index (χ4n) is 1.49. The lowest BCUT2D eigenvalue weighted by atomic mass is 10.1. The summed E-state index contributed by atoms with van der Waals surface area (Å²) in [6.07, 6.45) is 1.52. The van der Waals surface area contributed by atoms with Gasteiger partial charge >= 0.3 is 5.69 Å². The van der Waals surface area contributed by atoms with Gasteiger partial charge in [0.05, 0.1) is 4.92 Å². The number of para-hydroxylation sites is 1. The number of nitrogens with one attached hydrogen (secondary N) is 2. The van der Waals surface area contributed by atoms with E-state index in [4.69, 9.17) is 5.84 Å². The molecule has 0 spiro atoms. The molecule has 19 heavy (non-hydrogen) atoms. The van der Waals surface area contributed by atoms with Crippen molar-refractivity contribution in [2.75, 3.05) is 10.7 Å². The maximum absolute atomic E-state index is 12.0. The van der Waals surface area contributed by atoms with Crippen molar-refractivity contribution >= 4 is 33.8 Å². The molecule has 0 unspecified atom stereocenters. The standard InChI is InChI=1S/C10H9N5O3S/c11-14-7-3-1-2-6(8(7)15(17)18)9(16)13-10-12-4-5-19-10/h1-5,14H,11H2,(H,12,13,16). The monoisotopic (exact) mass is 279 g/mol. The van der Waals surface area contributed by atoms with E-state index < -0.39 is 10.8 Å². The number of aromatic nitrogens is 1. The first-order valence-corrected chi connectivity index (χ1v) is 5.96. The van der Waals surface area contributed by atoms with E-state index >= 15 is 0 Å². The van der Waals surface area contributed by atoms with Crippen molar-refractivity contribution in [3.63, 3.8) is 0 Å². The van der Waals surface area contributed by atoms with E-state index in [1.54, 1.807) is 5.38 Å². The lowest BCUT2D eigenvalue weighted by Crippen LogP contribution is -2.16. The second kappa shape index (κ2) is 5.42. The topological polar surface area (TPSA) is 123 Å². The molecule has 0 bridgehead atoms. The number of nitrogens with two attached hydrogens (primary N) is 1. The van der Waals surface area contributed by atoms with Crippen LogP contribution in [0.3, 0.4) is 0 Å². The summed E-state index contributed by atoms with van der Waals surface area (Å²) < 4.78 is 0. The van der Waals surface area contributed by atoms with Crippen LogP contribution in [0.1, 0.15) is 10.4 Å². The molecule has 0 aliphatic carbocycles. The molecule has 8 nitrogen and oxygen atoms in total. The molecule has 0 aliphatic rings. The van der Waals surface area contributed by atoms with Gasteiger partial charge in [0.1, 0.15) is 11.3 Å². The Morgan fingerprint density at radius 3 is 2.84 bits per heavy atom. The zero-order valence-electron chi connectivity index (χ0n) is 9.49. The zero-order chi connectivity index (χ0) is 13.8. The molecule has 0 radical (unpaired) electrons. The number of thiazole rings is 1. The van der Waals surface area contributed by atoms with Crippen molar-refractivity contribution in [3.05, 3.63) is 45.5 Å². The molecule has 98 valence electrons. The van der Waals surface area contributed by atoms with Gasteiger partial charge in [0.15, 0.2) is 5.13 Å². The maximum atomic E-state index is 12.0. The van der Waals surface area contributed by atoms with E-state index in [1.807, 2.05) is 0 Å². The normalized spacial score (nSPS) is 9.95. The van der Waals surface area contributed by atoms with Crippen LogP contribution in [0.15, 0.2) is 29.8 Å². The fourth-order valence-corrected chi connectivity index (χ4v) is 2.01. The Balaban J connectivity index is 2.38. The predicted octanol–water partition coefficient (Wildman–Crippen LogP) is 1.59. The molecule has 0 fully saturated rings. The Morgan fingerprint density at radius 2 is 2.26 bits per heavy atom. The van der Waals surface area contributed by atoms with E-state index in [2.05, 4.69) is 15.7 Å². The maximum Gasteiger partial charge on any atom is 0.306 e. The first-order valence-electron chi connectivity index (χ1n) is 5.08. The van der Waals surface area contributed by atoms with Crippen LogP contribution in [0.5, 0.6) is 0 Å². The Labute approximate surface area is 111 Å². The van der Waals surface area contributed by atoms with Crippen molar-refractivity contribution in [1.29, 1.82) is 0 Å². The Bertz CT molecular complexity index is 614. The van der Waals surface area contributed by atoms with Gasteiger partial charge in [0.25, 0.3) is 5.91 Å². The summed E-state index contributed by atoms with van der Waals surface area (Å²) in [6.45, 7) is 0. The third-order valence-electron chi connectivity index (χ3n) is 2.27. The minimum Gasteiger partial charge on any atom is -0.318 e. The summed E-state index contributed by atoms with van der Waals surface area (Å²) in [7, 11) is 0. The highest BCUT2D eigenvalue weighted by Crippen LogP contribution is 2.28. The quantitative estimate of drug-likeness (QED) is 0.443. The van der Waals surface area contributed by atoms with Crippen molar-refractivity contribution < 1.29 is 9.72 Å². The number of anilines is 2. The number of nitrogens with zero attached hydrogens (tertiary/aromatic N) is 2. The molecule has 2 rings (SSSR count). The van der Waals surface area contributed by atoms with Crippen LogP contribution in [0.4, 0.5) is 16.5 Å². The highest BCUT2D eigenvalue weighted by Gasteiger charge is 2.24. The number of rotatable bonds is 4. The van der Waals surface area contributed by atoms with Crippen LogP contribution in [0.2, 0.25) is 0 Å². The van der Waals surface area contributed by atoms with E-state index in [-0.39, 0.29) is 16.9 Å². The van der Waals surface area contributed by atoms with Crippen molar-refractivity contribution in [2.45, 2.75) is 0 Å². The molecule has 9 heteroatoms. The second-order valence-electron chi connectivity index (χ2n) is 3.39. The predicted molar refractivity (Wildman–Crippen MR) is 71.0 cm³/mol. The summed E-state index contributed by atoms with van der Waals surface area (Å²) in [5.41, 5.74) is 1.80. The van der Waals surface area contributed by atoms with Gasteiger partial charge in [-0.3, -0.25) is 26.1 Å². The number of nitro groups is 1. The molecule has 1 heterocycles. The number of carbonyl (C=O) groups excluding carboxylic acids is 1. The third kappa shape index (κ3) is 2.67. The van der Waals surface area contributed by atoms with Gasteiger partial charge < -0.3 is 5.43 Å². The van der Waals surface area contributed by atoms with Crippen LogP contribution in [0, 0.1) is 10.1 Å². The molecule has 1 aromatic carbocycles. The molecular weight excluding hydrogens is 270 g/mol. The van der Waals surface area contributed by atoms with Crippen LogP contribution < -0.4 is 16.6 Å². The molecule has 1 aromatic heterocycles. The van der Waals surface area contributed by atoms with Crippen molar-refractivity contribution in [3.8, 4) is 0 Å². The number of nitrogen functional groups attached to an aromatic ring is 1. The lowest BCUT2D eigenvalue weighted by molar-refractivity contribution is -0.384. The summed E-state index contributed by atoms with van der Waals surface area (Å²) in [5, 5.41) is 15.6. The number of carbonyl (C=O) groups is 1. The first kappa shape index (κ1) is 12.9. The molecule has 4 N–H and O–H groups in total. The number of nitro benzene ring substituents is 1. The Morgan fingerprint density at radius 1 is 1.47 bits per heavy atom. The van der Waals surface area contributed by atoms with Crippen LogP contribution in [-0.2, 0) is 0 Å². The Hall–Kier alpha value is -2.52. The number of amides is 1. The van der Waals surface area contributed by atoms with Gasteiger partial charge in [0, 0.05) is 11.6 Å². The zero-order valence-corrected chi connectivity index (χ0v) is 10.3. The molecule has 1 amide bonds. The van der Waals surface area contributed by atoms with Gasteiger partial charge in [-0.1, -0.05) is 6.07 Å². The molecule has 0 aliphatic heterocycles. The average Bonchev–Trinajstić information content (AvgIpc) is 2.90. The van der Waals surface area contributed by atoms with Gasteiger partial charge in [-0.2, -0.15) is 0 Å². The number of benzene rings is 1. The molecule has 0 atom stereocenters. The highest BCUT2D eigenvalue weighted by atomic mass is 32.1. The van der Waals surface area contributed by atoms with Gasteiger partial charge in [-0.25, -0.2) is 4.98 Å². The second-order valence-corrected chi connectivity index (χ2v) is 4.29. The van der Waals surface area contributed by atoms with Gasteiger partial charge in [-0.15, -0.1) is 11.3 Å². The molecule has 2 aromatic rings. The molecular formula is C10H9N5O3S. The summed E-state index contributed by atoms with van der Waals surface area (Å²) in [5.74, 6) is 4.58. The lowest BCUT2D eigenvalue weighted by Gasteiger charge is -2.06. The number of hydrogen-bond donors (Lipinski definition) is 3. The van der Waals surface area contributed by atoms with Crippen molar-refractivity contribution in [1.82, 2.24) is 4.98 Å². The Kier molecular flexibility index (Phi) is 3.68. The molecule has 0 saturated heterocycles.